The lowest BCUT2D eigenvalue weighted by molar-refractivity contribution is 0.0699. The van der Waals surface area contributed by atoms with Gasteiger partial charge >= 0.3 is 0 Å². The van der Waals surface area contributed by atoms with E-state index >= 15 is 0 Å². The molecule has 0 radical (unpaired) electrons. The van der Waals surface area contributed by atoms with Gasteiger partial charge in [0.15, 0.2) is 10.8 Å². The average molecular weight is 340 g/mol. The van der Waals surface area contributed by atoms with Crippen molar-refractivity contribution in [3.63, 3.8) is 0 Å². The fourth-order valence-electron chi connectivity index (χ4n) is 3.05. The number of nitrogens with two attached hydrogens (primary N) is 1. The number of anilines is 1. The number of carbonyl (C=O) groups excluding carboxylic acids is 1. The number of carbonyl (C=O) groups is 1. The minimum Gasteiger partial charge on any atom is -0.375 e. The van der Waals surface area contributed by atoms with Gasteiger partial charge in [-0.2, -0.15) is 0 Å². The third-order valence-electron chi connectivity index (χ3n) is 4.20. The predicted molar refractivity (Wildman–Crippen MR) is 91.7 cm³/mol. The Morgan fingerprint density at radius 3 is 3.04 bits per heavy atom. The summed E-state index contributed by atoms with van der Waals surface area (Å²) in [5.74, 6) is 0.124. The zero-order chi connectivity index (χ0) is 16.5. The van der Waals surface area contributed by atoms with Crippen LogP contribution in [0.15, 0.2) is 30.7 Å². The molecule has 7 nitrogen and oxygen atoms in total. The molecule has 2 N–H and O–H groups in total. The highest BCUT2D eigenvalue weighted by atomic mass is 32.1. The molecule has 0 unspecified atom stereocenters. The molecular formula is C16H16N6OS. The van der Waals surface area contributed by atoms with E-state index in [1.54, 1.807) is 6.20 Å². The van der Waals surface area contributed by atoms with E-state index in [1.807, 2.05) is 17.0 Å². The van der Waals surface area contributed by atoms with Gasteiger partial charge in [0, 0.05) is 37.1 Å². The molecule has 4 rings (SSSR count). The van der Waals surface area contributed by atoms with Gasteiger partial charge in [0.25, 0.3) is 5.91 Å². The molecule has 0 aliphatic carbocycles. The van der Waals surface area contributed by atoms with Crippen molar-refractivity contribution < 1.29 is 4.79 Å². The van der Waals surface area contributed by atoms with Crippen LogP contribution in [0.2, 0.25) is 0 Å². The number of hydrogen-bond acceptors (Lipinski definition) is 7. The maximum Gasteiger partial charge on any atom is 0.274 e. The molecule has 1 amide bonds. The molecule has 3 aromatic heterocycles. The predicted octanol–water partition coefficient (Wildman–Crippen LogP) is 2.08. The third kappa shape index (κ3) is 2.80. The van der Waals surface area contributed by atoms with Crippen LogP contribution in [0.4, 0.5) is 5.13 Å². The lowest BCUT2D eigenvalue weighted by Crippen LogP contribution is -2.39. The lowest BCUT2D eigenvalue weighted by atomic mass is 9.94. The third-order valence-corrected chi connectivity index (χ3v) is 5.04. The van der Waals surface area contributed by atoms with Gasteiger partial charge < -0.3 is 10.6 Å². The second-order valence-corrected chi connectivity index (χ2v) is 6.85. The number of hydrogen-bond donors (Lipinski definition) is 1. The highest BCUT2D eigenvalue weighted by molar-refractivity contribution is 7.21. The summed E-state index contributed by atoms with van der Waals surface area (Å²) >= 11 is 1.43. The van der Waals surface area contributed by atoms with Crippen LogP contribution in [0, 0.1) is 0 Å². The summed E-state index contributed by atoms with van der Waals surface area (Å²) < 4.78 is 0.986. The molecular weight excluding hydrogens is 324 g/mol. The zero-order valence-corrected chi connectivity index (χ0v) is 13.7. The summed E-state index contributed by atoms with van der Waals surface area (Å²) in [4.78, 5) is 31.4. The van der Waals surface area contributed by atoms with E-state index in [0.717, 1.165) is 29.8 Å². The highest BCUT2D eigenvalue weighted by Crippen LogP contribution is 2.29. The number of thiazole rings is 1. The van der Waals surface area contributed by atoms with E-state index in [1.165, 1.54) is 23.7 Å². The molecule has 0 saturated carbocycles. The van der Waals surface area contributed by atoms with Gasteiger partial charge in [-0.25, -0.2) is 15.0 Å². The van der Waals surface area contributed by atoms with E-state index in [2.05, 4.69) is 19.9 Å². The van der Waals surface area contributed by atoms with Crippen molar-refractivity contribution in [3.05, 3.63) is 42.1 Å². The van der Waals surface area contributed by atoms with Crippen molar-refractivity contribution in [1.82, 2.24) is 24.8 Å². The fourth-order valence-corrected chi connectivity index (χ4v) is 3.73. The number of fused-ring (bicyclic) bond motifs is 1. The molecule has 1 atom stereocenters. The molecule has 8 heteroatoms. The van der Waals surface area contributed by atoms with Gasteiger partial charge in [-0.05, 0) is 25.0 Å². The largest absolute Gasteiger partial charge is 0.375 e. The maximum absolute atomic E-state index is 12.6. The summed E-state index contributed by atoms with van der Waals surface area (Å²) in [6.45, 7) is 1.37. The van der Waals surface area contributed by atoms with Crippen LogP contribution in [0.3, 0.4) is 0 Å². The second-order valence-electron chi connectivity index (χ2n) is 5.79. The average Bonchev–Trinajstić information content (AvgIpc) is 3.01. The van der Waals surface area contributed by atoms with E-state index in [0.29, 0.717) is 23.0 Å². The Hall–Kier alpha value is -2.61. The van der Waals surface area contributed by atoms with E-state index in [4.69, 9.17) is 5.73 Å². The molecule has 3 aromatic rings. The van der Waals surface area contributed by atoms with Gasteiger partial charge in [0.05, 0.1) is 10.9 Å². The number of nitrogens with zero attached hydrogens (tertiary/aromatic N) is 5. The minimum atomic E-state index is -0.0771. The van der Waals surface area contributed by atoms with Gasteiger partial charge in [-0.15, -0.1) is 0 Å². The van der Waals surface area contributed by atoms with Gasteiger partial charge in [-0.3, -0.25) is 9.78 Å². The van der Waals surface area contributed by atoms with Crippen LogP contribution >= 0.6 is 11.3 Å². The first-order chi connectivity index (χ1) is 11.7. The highest BCUT2D eigenvalue weighted by Gasteiger charge is 2.27. The molecule has 122 valence electrons. The van der Waals surface area contributed by atoms with Crippen LogP contribution in [0.1, 0.15) is 34.9 Å². The number of rotatable bonds is 2. The van der Waals surface area contributed by atoms with Crippen molar-refractivity contribution in [2.24, 2.45) is 0 Å². The quantitative estimate of drug-likeness (QED) is 0.767. The van der Waals surface area contributed by atoms with Gasteiger partial charge in [-0.1, -0.05) is 11.3 Å². The molecule has 1 saturated heterocycles. The zero-order valence-electron chi connectivity index (χ0n) is 12.9. The van der Waals surface area contributed by atoms with Crippen molar-refractivity contribution in [2.45, 2.75) is 18.8 Å². The number of amides is 1. The summed E-state index contributed by atoms with van der Waals surface area (Å²) in [5, 5.41) is 0.526. The second kappa shape index (κ2) is 6.12. The molecule has 4 heterocycles. The summed E-state index contributed by atoms with van der Waals surface area (Å²) in [5.41, 5.74) is 7.78. The number of pyridine rings is 1. The lowest BCUT2D eigenvalue weighted by Gasteiger charge is -2.32. The summed E-state index contributed by atoms with van der Waals surface area (Å²) in [6.07, 6.45) is 6.55. The fraction of sp³-hybridized carbons (Fsp3) is 0.312. The Morgan fingerprint density at radius 2 is 2.21 bits per heavy atom. The SMILES string of the molecule is Nc1nc2nc([C@H]3CCCN(C(=O)c4cnccn4)C3)ccc2s1. The molecule has 24 heavy (non-hydrogen) atoms. The summed E-state index contributed by atoms with van der Waals surface area (Å²) in [6, 6.07) is 4.02. The Bertz CT molecular complexity index is 881. The Kier molecular flexibility index (Phi) is 3.81. The first-order valence-corrected chi connectivity index (χ1v) is 8.60. The molecule has 0 bridgehead atoms. The monoisotopic (exact) mass is 340 g/mol. The van der Waals surface area contributed by atoms with E-state index in [9.17, 15) is 4.79 Å². The minimum absolute atomic E-state index is 0.0771. The first-order valence-electron chi connectivity index (χ1n) is 7.79. The standard InChI is InChI=1S/C16H16N6OS/c17-16-21-14-13(24-16)4-3-11(20-14)10-2-1-7-22(9-10)15(23)12-8-18-5-6-19-12/h3-6,8,10H,1-2,7,9H2,(H2,17,20,21)/t10-/m0/s1. The molecule has 1 fully saturated rings. The Morgan fingerprint density at radius 1 is 1.29 bits per heavy atom. The van der Waals surface area contributed by atoms with Crippen LogP contribution in [-0.4, -0.2) is 43.8 Å². The maximum atomic E-state index is 12.6. The number of nitrogen functional groups attached to an aromatic ring is 1. The number of likely N-dealkylation sites (tertiary alicyclic amines) is 1. The Labute approximate surface area is 142 Å². The van der Waals surface area contributed by atoms with E-state index in [-0.39, 0.29) is 11.8 Å². The summed E-state index contributed by atoms with van der Waals surface area (Å²) in [7, 11) is 0. The smallest absolute Gasteiger partial charge is 0.274 e. The normalized spacial score (nSPS) is 18.0. The van der Waals surface area contributed by atoms with Gasteiger partial charge in [0.1, 0.15) is 5.69 Å². The number of piperidine rings is 1. The number of aromatic nitrogens is 4. The van der Waals surface area contributed by atoms with Crippen molar-refractivity contribution in [3.8, 4) is 0 Å². The van der Waals surface area contributed by atoms with Crippen molar-refractivity contribution in [2.75, 3.05) is 18.8 Å². The Balaban J connectivity index is 1.56. The molecule has 0 aromatic carbocycles. The van der Waals surface area contributed by atoms with Crippen LogP contribution < -0.4 is 5.73 Å². The molecule has 1 aliphatic heterocycles. The first kappa shape index (κ1) is 14.9. The van der Waals surface area contributed by atoms with Crippen molar-refractivity contribution >= 4 is 32.7 Å². The van der Waals surface area contributed by atoms with Crippen LogP contribution in [0.25, 0.3) is 10.3 Å². The van der Waals surface area contributed by atoms with Crippen LogP contribution in [-0.2, 0) is 0 Å². The molecule has 0 spiro atoms. The molecule has 1 aliphatic rings. The van der Waals surface area contributed by atoms with Gasteiger partial charge in [0.2, 0.25) is 0 Å². The van der Waals surface area contributed by atoms with E-state index < -0.39 is 0 Å². The van der Waals surface area contributed by atoms with Crippen molar-refractivity contribution in [1.29, 1.82) is 0 Å². The topological polar surface area (TPSA) is 97.9 Å². The van der Waals surface area contributed by atoms with Crippen LogP contribution in [0.5, 0.6) is 0 Å².